The van der Waals surface area contributed by atoms with Gasteiger partial charge in [0.1, 0.15) is 11.4 Å². The molecular weight excluding hydrogens is 430 g/mol. The highest BCUT2D eigenvalue weighted by Gasteiger charge is 2.34. The number of amides is 1. The molecule has 10 heteroatoms. The monoisotopic (exact) mass is 451 g/mol. The Labute approximate surface area is 176 Å². The molecule has 7 nitrogen and oxygen atoms in total. The smallest absolute Gasteiger partial charge is 0.263 e. The first-order valence-electron chi connectivity index (χ1n) is 9.40. The minimum absolute atomic E-state index is 0.00200. The van der Waals surface area contributed by atoms with Crippen LogP contribution in [0.15, 0.2) is 34.0 Å². The summed E-state index contributed by atoms with van der Waals surface area (Å²) in [6.45, 7) is 2.28. The molecule has 1 amide bonds. The van der Waals surface area contributed by atoms with Crippen LogP contribution in [0.5, 0.6) is 0 Å². The van der Waals surface area contributed by atoms with Crippen LogP contribution in [0.25, 0.3) is 20.7 Å². The zero-order valence-electron chi connectivity index (χ0n) is 15.9. The fourth-order valence-electron chi connectivity index (χ4n) is 3.70. The number of hydrogen-bond acceptors (Lipinski definition) is 7. The van der Waals surface area contributed by atoms with Gasteiger partial charge >= 0.3 is 0 Å². The lowest BCUT2D eigenvalue weighted by atomic mass is 10.2. The van der Waals surface area contributed by atoms with Gasteiger partial charge in [-0.05, 0) is 24.3 Å². The first-order valence-corrected chi connectivity index (χ1v) is 13.0. The fourth-order valence-corrected chi connectivity index (χ4v) is 7.15. The van der Waals surface area contributed by atoms with E-state index in [0.717, 1.165) is 16.9 Å². The normalized spacial score (nSPS) is 18.3. The summed E-state index contributed by atoms with van der Waals surface area (Å²) in [5.41, 5.74) is 0.593. The van der Waals surface area contributed by atoms with Gasteiger partial charge in [0, 0.05) is 28.4 Å². The third-order valence-electron chi connectivity index (χ3n) is 5.09. The Morgan fingerprint density at radius 2 is 2.21 bits per heavy atom. The zero-order chi connectivity index (χ0) is 20.6. The van der Waals surface area contributed by atoms with Gasteiger partial charge < -0.3 is 4.90 Å². The van der Waals surface area contributed by atoms with Crippen molar-refractivity contribution in [3.63, 3.8) is 0 Å². The number of nitrogens with zero attached hydrogens (tertiary/aromatic N) is 3. The van der Waals surface area contributed by atoms with Crippen LogP contribution in [0.4, 0.5) is 0 Å². The van der Waals surface area contributed by atoms with Crippen LogP contribution in [0.3, 0.4) is 0 Å². The van der Waals surface area contributed by atoms with E-state index in [4.69, 9.17) is 0 Å². The molecule has 0 aromatic carbocycles. The van der Waals surface area contributed by atoms with Gasteiger partial charge in [0.05, 0.1) is 23.2 Å². The molecule has 1 unspecified atom stereocenters. The summed E-state index contributed by atoms with van der Waals surface area (Å²) >= 11 is 2.96. The average Bonchev–Trinajstić information content (AvgIpc) is 3.41. The van der Waals surface area contributed by atoms with Crippen LogP contribution in [-0.4, -0.2) is 52.9 Å². The number of fused-ring (bicyclic) bond motifs is 1. The lowest BCUT2D eigenvalue weighted by Crippen LogP contribution is -2.44. The maximum atomic E-state index is 13.1. The second-order valence-corrected chi connectivity index (χ2v) is 11.2. The standard InChI is InChI=1S/C19H21N3O4S3/c1-2-6-22(13-5-8-29(25,26)11-13)16(23)9-21-12-20-18-17(19(21)24)14(10-28-18)15-4-3-7-27-15/h3-4,7,10,12-13H,2,5-6,8-9,11H2,1H3. The Morgan fingerprint density at radius 1 is 1.38 bits per heavy atom. The van der Waals surface area contributed by atoms with Crippen molar-refractivity contribution < 1.29 is 13.2 Å². The second-order valence-electron chi connectivity index (χ2n) is 7.13. The maximum absolute atomic E-state index is 13.1. The molecule has 0 bridgehead atoms. The summed E-state index contributed by atoms with van der Waals surface area (Å²) < 4.78 is 25.0. The molecule has 0 N–H and O–H groups in total. The molecule has 1 atom stereocenters. The molecule has 4 heterocycles. The van der Waals surface area contributed by atoms with E-state index in [1.54, 1.807) is 16.2 Å². The van der Waals surface area contributed by atoms with Gasteiger partial charge in [-0.25, -0.2) is 13.4 Å². The molecule has 4 rings (SSSR count). The van der Waals surface area contributed by atoms with E-state index in [2.05, 4.69) is 4.98 Å². The minimum atomic E-state index is -3.10. The number of hydrogen-bond donors (Lipinski definition) is 0. The summed E-state index contributed by atoms with van der Waals surface area (Å²) in [6, 6.07) is 3.57. The number of thiophene rings is 2. The van der Waals surface area contributed by atoms with Crippen molar-refractivity contribution in [2.45, 2.75) is 32.4 Å². The van der Waals surface area contributed by atoms with Gasteiger partial charge in [0.25, 0.3) is 5.56 Å². The van der Waals surface area contributed by atoms with Crippen LogP contribution in [0.2, 0.25) is 0 Å². The van der Waals surface area contributed by atoms with Crippen LogP contribution in [0, 0.1) is 0 Å². The average molecular weight is 452 g/mol. The quantitative estimate of drug-likeness (QED) is 0.575. The number of sulfone groups is 1. The molecule has 1 aliphatic rings. The van der Waals surface area contributed by atoms with Crippen molar-refractivity contribution in [1.29, 1.82) is 0 Å². The molecule has 1 fully saturated rings. The number of carbonyl (C=O) groups excluding carboxylic acids is 1. The molecule has 3 aromatic heterocycles. The van der Waals surface area contributed by atoms with E-state index >= 15 is 0 Å². The van der Waals surface area contributed by atoms with Crippen molar-refractivity contribution in [1.82, 2.24) is 14.5 Å². The molecule has 0 aliphatic carbocycles. The Balaban J connectivity index is 1.64. The molecule has 0 radical (unpaired) electrons. The largest absolute Gasteiger partial charge is 0.337 e. The van der Waals surface area contributed by atoms with Crippen LogP contribution >= 0.6 is 22.7 Å². The van der Waals surface area contributed by atoms with E-state index in [0.29, 0.717) is 23.2 Å². The second kappa shape index (κ2) is 8.00. The summed E-state index contributed by atoms with van der Waals surface area (Å²) in [6.07, 6.45) is 2.58. The van der Waals surface area contributed by atoms with E-state index in [9.17, 15) is 18.0 Å². The molecule has 0 spiro atoms. The van der Waals surface area contributed by atoms with Gasteiger partial charge in [0.15, 0.2) is 9.84 Å². The van der Waals surface area contributed by atoms with Gasteiger partial charge in [0.2, 0.25) is 5.91 Å². The first-order chi connectivity index (χ1) is 13.9. The molecule has 1 saturated heterocycles. The molecule has 1 aliphatic heterocycles. The Hall–Kier alpha value is -2.04. The zero-order valence-corrected chi connectivity index (χ0v) is 18.4. The molecule has 3 aromatic rings. The predicted octanol–water partition coefficient (Wildman–Crippen LogP) is 2.61. The lowest BCUT2D eigenvalue weighted by Gasteiger charge is -2.28. The van der Waals surface area contributed by atoms with Crippen LogP contribution < -0.4 is 5.56 Å². The van der Waals surface area contributed by atoms with Crippen molar-refractivity contribution in [3.8, 4) is 10.4 Å². The van der Waals surface area contributed by atoms with E-state index in [-0.39, 0.29) is 35.6 Å². The van der Waals surface area contributed by atoms with E-state index < -0.39 is 9.84 Å². The third-order valence-corrected chi connectivity index (χ3v) is 8.63. The summed E-state index contributed by atoms with van der Waals surface area (Å²) in [5, 5.41) is 4.40. The Morgan fingerprint density at radius 3 is 2.86 bits per heavy atom. The topological polar surface area (TPSA) is 89.3 Å². The summed E-state index contributed by atoms with van der Waals surface area (Å²) in [4.78, 5) is 33.7. The van der Waals surface area contributed by atoms with Gasteiger partial charge in [-0.2, -0.15) is 0 Å². The van der Waals surface area contributed by atoms with E-state index in [1.165, 1.54) is 22.2 Å². The van der Waals surface area contributed by atoms with E-state index in [1.807, 2.05) is 29.8 Å². The van der Waals surface area contributed by atoms with Gasteiger partial charge in [-0.1, -0.05) is 13.0 Å². The van der Waals surface area contributed by atoms with Crippen molar-refractivity contribution >= 4 is 48.6 Å². The van der Waals surface area contributed by atoms with Crippen LogP contribution in [0.1, 0.15) is 19.8 Å². The predicted molar refractivity (Wildman–Crippen MR) is 116 cm³/mol. The SMILES string of the molecule is CCCN(C(=O)Cn1cnc2scc(-c3cccs3)c2c1=O)C1CCS(=O)(=O)C1. The fraction of sp³-hybridized carbons (Fsp3) is 0.421. The molecule has 154 valence electrons. The minimum Gasteiger partial charge on any atom is -0.337 e. The van der Waals surface area contributed by atoms with Gasteiger partial charge in [-0.15, -0.1) is 22.7 Å². The lowest BCUT2D eigenvalue weighted by molar-refractivity contribution is -0.133. The van der Waals surface area contributed by atoms with Crippen molar-refractivity contribution in [2.24, 2.45) is 0 Å². The van der Waals surface area contributed by atoms with Crippen LogP contribution in [-0.2, 0) is 21.2 Å². The summed E-state index contributed by atoms with van der Waals surface area (Å²) in [5.74, 6) is -0.138. The maximum Gasteiger partial charge on any atom is 0.263 e. The number of carbonyl (C=O) groups is 1. The highest BCUT2D eigenvalue weighted by atomic mass is 32.2. The number of aromatic nitrogens is 2. The Bertz CT molecular complexity index is 1200. The highest BCUT2D eigenvalue weighted by molar-refractivity contribution is 7.91. The van der Waals surface area contributed by atoms with Crippen molar-refractivity contribution in [2.75, 3.05) is 18.1 Å². The molecule has 29 heavy (non-hydrogen) atoms. The van der Waals surface area contributed by atoms with Crippen molar-refractivity contribution in [3.05, 3.63) is 39.6 Å². The molecular formula is C19H21N3O4S3. The first kappa shape index (κ1) is 20.2. The molecule has 0 saturated carbocycles. The summed E-state index contributed by atoms with van der Waals surface area (Å²) in [7, 11) is -3.10. The van der Waals surface area contributed by atoms with Gasteiger partial charge in [-0.3, -0.25) is 14.2 Å². The number of rotatable bonds is 6. The Kier molecular flexibility index (Phi) is 5.58. The highest BCUT2D eigenvalue weighted by Crippen LogP contribution is 2.33. The third kappa shape index (κ3) is 4.01.